The monoisotopic (exact) mass is 917 g/mol. The molecule has 2 aliphatic rings. The molecule has 0 bridgehead atoms. The van der Waals surface area contributed by atoms with Crippen LogP contribution in [0.4, 0.5) is 0 Å². The largest absolute Gasteiger partial charge is 0.0654 e. The molecule has 0 nitrogen and oxygen atoms in total. The molecule has 0 aliphatic heterocycles. The third-order valence-electron chi connectivity index (χ3n) is 17.6. The molecule has 9 aromatic rings. The number of hydrogen-bond acceptors (Lipinski definition) is 0. The van der Waals surface area contributed by atoms with Gasteiger partial charge < -0.3 is 0 Å². The molecule has 0 spiro atoms. The van der Waals surface area contributed by atoms with Crippen LogP contribution in [0.1, 0.15) is 178 Å². The second-order valence-electron chi connectivity index (χ2n) is 21.7. The van der Waals surface area contributed by atoms with Crippen LogP contribution >= 0.6 is 0 Å². The van der Waals surface area contributed by atoms with Crippen molar-refractivity contribution in [3.8, 4) is 44.5 Å². The first-order valence-electron chi connectivity index (χ1n) is 28.2. The predicted molar refractivity (Wildman–Crippen MR) is 306 cm³/mol. The van der Waals surface area contributed by atoms with E-state index < -0.39 is 0 Å². The summed E-state index contributed by atoms with van der Waals surface area (Å²) < 4.78 is 0. The summed E-state index contributed by atoms with van der Waals surface area (Å²) in [6.45, 7) is 9.38. The van der Waals surface area contributed by atoms with E-state index in [1.54, 1.807) is 22.3 Å². The summed E-state index contributed by atoms with van der Waals surface area (Å²) in [4.78, 5) is 0. The van der Waals surface area contributed by atoms with E-state index in [9.17, 15) is 0 Å². The number of rotatable bonds is 22. The van der Waals surface area contributed by atoms with Gasteiger partial charge in [-0.2, -0.15) is 0 Å². The van der Waals surface area contributed by atoms with Crippen LogP contribution in [0.2, 0.25) is 0 Å². The fraction of sp³-hybridized carbons (Fsp3) is 0.371. The van der Waals surface area contributed by atoms with E-state index in [0.717, 1.165) is 0 Å². The van der Waals surface area contributed by atoms with Gasteiger partial charge in [-0.1, -0.05) is 276 Å². The van der Waals surface area contributed by atoms with Crippen molar-refractivity contribution in [2.24, 2.45) is 0 Å². The fourth-order valence-corrected chi connectivity index (χ4v) is 14.5. The SMILES string of the molecule is CCCCCCC1(CCCCCC)c2ccccc2-c2cccc(-c3ccc4c5ccc(-c6cccc7c6C(CCCCCC)(CCCCCC)c6ccccc6-7)c6cccc(c7cccc3c74)c65)c21. The summed E-state index contributed by atoms with van der Waals surface area (Å²) in [5.41, 5.74) is 17.9. The van der Waals surface area contributed by atoms with Crippen LogP contribution in [-0.4, -0.2) is 0 Å². The van der Waals surface area contributed by atoms with Crippen LogP contribution in [0.25, 0.3) is 87.6 Å². The first kappa shape index (κ1) is 46.7. The lowest BCUT2D eigenvalue weighted by Crippen LogP contribution is -2.26. The summed E-state index contributed by atoms with van der Waals surface area (Å²) in [6.07, 6.45) is 25.5. The van der Waals surface area contributed by atoms with Crippen molar-refractivity contribution < 1.29 is 0 Å². The number of hydrogen-bond donors (Lipinski definition) is 0. The lowest BCUT2D eigenvalue weighted by molar-refractivity contribution is 0.402. The molecule has 0 N–H and O–H groups in total. The Morgan fingerprint density at radius 2 is 0.543 bits per heavy atom. The second-order valence-corrected chi connectivity index (χ2v) is 21.7. The molecule has 0 heteroatoms. The van der Waals surface area contributed by atoms with Gasteiger partial charge in [-0.25, -0.2) is 0 Å². The van der Waals surface area contributed by atoms with Gasteiger partial charge in [0, 0.05) is 10.8 Å². The standard InChI is InChI=1S/C70H76/c1-5-9-13-21-45-69(46-22-14-10-6-2)63-39-19-17-29-51(63)61-37-27-35-59(67(61)69)49-41-43-57-58-44-42-50(54-32-26-34-56(66(54)58)55-33-25-31-53(49)65(55)57)60-36-28-38-62-52-30-18-20-40-64(52)70(68(60)62,47-23-15-11-7-3)48-24-16-12-8-4/h17-20,25-44H,5-16,21-24,45-48H2,1-4H3. The predicted octanol–water partition coefficient (Wildman–Crippen LogP) is 21.5. The number of benzene rings is 9. The molecule has 0 radical (unpaired) electrons. The molecule has 9 aromatic carbocycles. The molecule has 0 amide bonds. The molecular weight excluding hydrogens is 841 g/mol. The first-order chi connectivity index (χ1) is 34.6. The molecule has 0 heterocycles. The third kappa shape index (κ3) is 7.70. The van der Waals surface area contributed by atoms with Crippen LogP contribution in [0.5, 0.6) is 0 Å². The summed E-state index contributed by atoms with van der Waals surface area (Å²) in [5.74, 6) is 0. The van der Waals surface area contributed by atoms with Crippen LogP contribution in [0.15, 0.2) is 146 Å². The molecule has 0 saturated carbocycles. The lowest BCUT2D eigenvalue weighted by Gasteiger charge is -2.35. The average molecular weight is 917 g/mol. The average Bonchev–Trinajstić information content (AvgIpc) is 3.85. The van der Waals surface area contributed by atoms with E-state index in [1.165, 1.54) is 216 Å². The van der Waals surface area contributed by atoms with E-state index >= 15 is 0 Å². The highest BCUT2D eigenvalue weighted by atomic mass is 14.5. The van der Waals surface area contributed by atoms with Crippen molar-refractivity contribution in [1.82, 2.24) is 0 Å². The summed E-state index contributed by atoms with van der Waals surface area (Å²) in [7, 11) is 0. The smallest absolute Gasteiger partial charge is 0.0221 e. The van der Waals surface area contributed by atoms with Gasteiger partial charge >= 0.3 is 0 Å². The minimum atomic E-state index is 0.0137. The van der Waals surface area contributed by atoms with E-state index in [1.807, 2.05) is 0 Å². The topological polar surface area (TPSA) is 0 Å². The quantitative estimate of drug-likeness (QED) is 0.0361. The van der Waals surface area contributed by atoms with Gasteiger partial charge in [0.15, 0.2) is 0 Å². The maximum Gasteiger partial charge on any atom is 0.0221 e. The van der Waals surface area contributed by atoms with Crippen LogP contribution < -0.4 is 0 Å². The molecular formula is C70H76. The minimum Gasteiger partial charge on any atom is -0.0654 e. The van der Waals surface area contributed by atoms with E-state index in [4.69, 9.17) is 0 Å². The van der Waals surface area contributed by atoms with Crippen LogP contribution in [-0.2, 0) is 10.8 Å². The highest BCUT2D eigenvalue weighted by Gasteiger charge is 2.45. The Morgan fingerprint density at radius 3 is 0.914 bits per heavy atom. The van der Waals surface area contributed by atoms with Gasteiger partial charge in [0.25, 0.3) is 0 Å². The Hall–Kier alpha value is -5.72. The Labute approximate surface area is 420 Å². The molecule has 356 valence electrons. The van der Waals surface area contributed by atoms with Gasteiger partial charge in [-0.05, 0) is 136 Å². The Kier molecular flexibility index (Phi) is 13.5. The zero-order chi connectivity index (χ0) is 47.7. The van der Waals surface area contributed by atoms with Gasteiger partial charge in [-0.3, -0.25) is 0 Å². The molecule has 0 atom stereocenters. The minimum absolute atomic E-state index is 0.0137. The Balaban J connectivity index is 1.09. The maximum atomic E-state index is 2.51. The van der Waals surface area contributed by atoms with Gasteiger partial charge in [0.2, 0.25) is 0 Å². The van der Waals surface area contributed by atoms with Crippen molar-refractivity contribution in [3.05, 3.63) is 168 Å². The third-order valence-corrected chi connectivity index (χ3v) is 17.6. The van der Waals surface area contributed by atoms with Crippen molar-refractivity contribution >= 4 is 43.1 Å². The van der Waals surface area contributed by atoms with E-state index in [0.29, 0.717) is 0 Å². The maximum absolute atomic E-state index is 2.51. The van der Waals surface area contributed by atoms with Crippen molar-refractivity contribution in [2.75, 3.05) is 0 Å². The summed E-state index contributed by atoms with van der Waals surface area (Å²) in [6, 6.07) is 58.0. The van der Waals surface area contributed by atoms with E-state index in [2.05, 4.69) is 173 Å². The van der Waals surface area contributed by atoms with Crippen molar-refractivity contribution in [2.45, 2.75) is 167 Å². The molecule has 0 fully saturated rings. The summed E-state index contributed by atoms with van der Waals surface area (Å²) in [5, 5.41) is 11.1. The van der Waals surface area contributed by atoms with Gasteiger partial charge in [0.05, 0.1) is 0 Å². The molecule has 0 aromatic heterocycles. The van der Waals surface area contributed by atoms with Crippen LogP contribution in [0, 0.1) is 0 Å². The van der Waals surface area contributed by atoms with E-state index in [-0.39, 0.29) is 10.8 Å². The van der Waals surface area contributed by atoms with Gasteiger partial charge in [-0.15, -0.1) is 0 Å². The molecule has 70 heavy (non-hydrogen) atoms. The van der Waals surface area contributed by atoms with Crippen molar-refractivity contribution in [3.63, 3.8) is 0 Å². The number of unbranched alkanes of at least 4 members (excludes halogenated alkanes) is 12. The Morgan fingerprint density at radius 1 is 0.243 bits per heavy atom. The Bertz CT molecular complexity index is 3020. The highest BCUT2D eigenvalue weighted by Crippen LogP contribution is 2.60. The fourth-order valence-electron chi connectivity index (χ4n) is 14.5. The zero-order valence-electron chi connectivity index (χ0n) is 43.0. The molecule has 0 unspecified atom stereocenters. The highest BCUT2D eigenvalue weighted by molar-refractivity contribution is 6.35. The van der Waals surface area contributed by atoms with Gasteiger partial charge in [0.1, 0.15) is 0 Å². The van der Waals surface area contributed by atoms with Crippen molar-refractivity contribution in [1.29, 1.82) is 0 Å². The lowest BCUT2D eigenvalue weighted by atomic mass is 9.68. The normalized spacial score (nSPS) is 14.2. The molecule has 2 aliphatic carbocycles. The number of fused-ring (bicyclic) bond motifs is 8. The summed E-state index contributed by atoms with van der Waals surface area (Å²) >= 11 is 0. The van der Waals surface area contributed by atoms with Crippen LogP contribution in [0.3, 0.4) is 0 Å². The molecule has 0 saturated heterocycles. The first-order valence-corrected chi connectivity index (χ1v) is 28.2. The second kappa shape index (κ2) is 20.2. The molecule has 11 rings (SSSR count). The zero-order valence-corrected chi connectivity index (χ0v) is 43.0.